The van der Waals surface area contributed by atoms with E-state index < -0.39 is 0 Å². The topological polar surface area (TPSA) is 61.3 Å². The van der Waals surface area contributed by atoms with Gasteiger partial charge in [0, 0.05) is 18.5 Å². The average molecular weight is 274 g/mol. The molecular formula is C15H18N2O3. The fourth-order valence-corrected chi connectivity index (χ4v) is 1.40. The van der Waals surface area contributed by atoms with Gasteiger partial charge in [0.1, 0.15) is 12.4 Å². The lowest BCUT2D eigenvalue weighted by Crippen LogP contribution is -2.00. The van der Waals surface area contributed by atoms with Gasteiger partial charge in [0.15, 0.2) is 6.29 Å². The Kier molecular flexibility index (Phi) is 6.75. The molecule has 0 bridgehead atoms. The van der Waals surface area contributed by atoms with Crippen LogP contribution in [0.1, 0.15) is 29.8 Å². The molecule has 5 nitrogen and oxygen atoms in total. The van der Waals surface area contributed by atoms with Crippen molar-refractivity contribution >= 4 is 6.29 Å². The summed E-state index contributed by atoms with van der Waals surface area (Å²) in [5.41, 5.74) is 1.38. The molecule has 20 heavy (non-hydrogen) atoms. The lowest BCUT2D eigenvalue weighted by atomic mass is 10.2. The Morgan fingerprint density at radius 3 is 2.55 bits per heavy atom. The van der Waals surface area contributed by atoms with Gasteiger partial charge in [-0.25, -0.2) is 4.98 Å². The van der Waals surface area contributed by atoms with Gasteiger partial charge in [-0.1, -0.05) is 13.8 Å². The highest BCUT2D eigenvalue weighted by Gasteiger charge is 2.06. The van der Waals surface area contributed by atoms with E-state index in [0.717, 1.165) is 5.56 Å². The molecule has 106 valence electrons. The third-order valence-corrected chi connectivity index (χ3v) is 2.35. The molecule has 0 radical (unpaired) electrons. The van der Waals surface area contributed by atoms with Crippen LogP contribution in [0.2, 0.25) is 0 Å². The van der Waals surface area contributed by atoms with Crippen molar-refractivity contribution in [2.75, 3.05) is 7.11 Å². The minimum Gasteiger partial charge on any atom is -0.487 e. The van der Waals surface area contributed by atoms with E-state index in [1.165, 1.54) is 19.4 Å². The van der Waals surface area contributed by atoms with Gasteiger partial charge in [-0.15, -0.1) is 0 Å². The number of ether oxygens (including phenoxy) is 2. The van der Waals surface area contributed by atoms with Crippen LogP contribution in [0.15, 0.2) is 36.8 Å². The second-order valence-corrected chi connectivity index (χ2v) is 3.53. The van der Waals surface area contributed by atoms with E-state index in [4.69, 9.17) is 9.47 Å². The molecule has 0 saturated carbocycles. The molecule has 0 saturated heterocycles. The Morgan fingerprint density at radius 2 is 1.95 bits per heavy atom. The number of methoxy groups -OCH3 is 1. The summed E-state index contributed by atoms with van der Waals surface area (Å²) < 4.78 is 10.5. The standard InChI is InChI=1S/C13H12N2O3.C2H6/c1-17-13-6-11(8-16)12(7-15-13)18-9-10-2-4-14-5-3-10;1-2/h2-8H,9H2,1H3;1-2H3. The summed E-state index contributed by atoms with van der Waals surface area (Å²) in [6, 6.07) is 5.23. The second-order valence-electron chi connectivity index (χ2n) is 3.53. The number of nitrogens with zero attached hydrogens (tertiary/aromatic N) is 2. The zero-order valence-electron chi connectivity index (χ0n) is 11.9. The third kappa shape index (κ3) is 4.35. The molecule has 0 aliphatic carbocycles. The van der Waals surface area contributed by atoms with E-state index in [9.17, 15) is 4.79 Å². The van der Waals surface area contributed by atoms with Gasteiger partial charge >= 0.3 is 0 Å². The smallest absolute Gasteiger partial charge is 0.213 e. The quantitative estimate of drug-likeness (QED) is 0.784. The van der Waals surface area contributed by atoms with Crippen molar-refractivity contribution in [1.82, 2.24) is 9.97 Å². The number of carbonyl (C=O) groups excluding carboxylic acids is 1. The SMILES string of the molecule is CC.COc1cc(C=O)c(OCc2ccncc2)cn1. The maximum absolute atomic E-state index is 10.9. The van der Waals surface area contributed by atoms with E-state index in [0.29, 0.717) is 30.1 Å². The first-order valence-corrected chi connectivity index (χ1v) is 6.34. The van der Waals surface area contributed by atoms with E-state index >= 15 is 0 Å². The molecular weight excluding hydrogens is 256 g/mol. The minimum atomic E-state index is 0.359. The van der Waals surface area contributed by atoms with Crippen molar-refractivity contribution in [3.05, 3.63) is 47.9 Å². The molecule has 0 unspecified atom stereocenters. The van der Waals surface area contributed by atoms with E-state index in [-0.39, 0.29) is 0 Å². The van der Waals surface area contributed by atoms with E-state index in [1.807, 2.05) is 26.0 Å². The highest BCUT2D eigenvalue weighted by molar-refractivity contribution is 5.79. The molecule has 2 aromatic rings. The first kappa shape index (κ1) is 15.6. The molecule has 2 rings (SSSR count). The Hall–Kier alpha value is -2.43. The van der Waals surface area contributed by atoms with Crippen LogP contribution in [0, 0.1) is 0 Å². The summed E-state index contributed by atoms with van der Waals surface area (Å²) in [7, 11) is 1.49. The van der Waals surface area contributed by atoms with Crippen molar-refractivity contribution in [1.29, 1.82) is 0 Å². The van der Waals surface area contributed by atoms with Gasteiger partial charge in [0.2, 0.25) is 5.88 Å². The van der Waals surface area contributed by atoms with Crippen LogP contribution < -0.4 is 9.47 Å². The fourth-order valence-electron chi connectivity index (χ4n) is 1.40. The maximum atomic E-state index is 10.9. The van der Waals surface area contributed by atoms with Gasteiger partial charge in [-0.3, -0.25) is 9.78 Å². The summed E-state index contributed by atoms with van der Waals surface area (Å²) in [5, 5.41) is 0. The van der Waals surface area contributed by atoms with Gasteiger partial charge in [0.25, 0.3) is 0 Å². The predicted octanol–water partition coefficient (Wildman–Crippen LogP) is 2.90. The zero-order chi connectivity index (χ0) is 14.8. The van der Waals surface area contributed by atoms with Crippen molar-refractivity contribution in [3.8, 4) is 11.6 Å². The molecule has 0 aliphatic rings. The first-order chi connectivity index (χ1) is 9.83. The summed E-state index contributed by atoms with van der Waals surface area (Å²) in [6.07, 6.45) is 5.56. The van der Waals surface area contributed by atoms with Crippen LogP contribution in [-0.4, -0.2) is 23.4 Å². The summed E-state index contributed by atoms with van der Waals surface area (Å²) >= 11 is 0. The van der Waals surface area contributed by atoms with Gasteiger partial charge in [-0.05, 0) is 17.7 Å². The molecule has 0 fully saturated rings. The molecule has 0 aromatic carbocycles. The van der Waals surface area contributed by atoms with Crippen LogP contribution in [0.25, 0.3) is 0 Å². The number of aromatic nitrogens is 2. The molecule has 2 heterocycles. The van der Waals surface area contributed by atoms with Crippen LogP contribution in [-0.2, 0) is 6.61 Å². The van der Waals surface area contributed by atoms with Crippen LogP contribution in [0.3, 0.4) is 0 Å². The number of carbonyl (C=O) groups is 1. The Balaban J connectivity index is 0.000000956. The normalized spacial score (nSPS) is 9.15. The maximum Gasteiger partial charge on any atom is 0.213 e. The van der Waals surface area contributed by atoms with Crippen LogP contribution in [0.5, 0.6) is 11.6 Å². The van der Waals surface area contributed by atoms with Crippen molar-refractivity contribution in [2.45, 2.75) is 20.5 Å². The highest BCUT2D eigenvalue weighted by Crippen LogP contribution is 2.20. The lowest BCUT2D eigenvalue weighted by molar-refractivity contribution is 0.111. The van der Waals surface area contributed by atoms with Crippen molar-refractivity contribution in [3.63, 3.8) is 0 Å². The van der Waals surface area contributed by atoms with Gasteiger partial charge in [0.05, 0.1) is 18.9 Å². The number of hydrogen-bond acceptors (Lipinski definition) is 5. The summed E-state index contributed by atoms with van der Waals surface area (Å²) in [5.74, 6) is 0.816. The largest absolute Gasteiger partial charge is 0.487 e. The third-order valence-electron chi connectivity index (χ3n) is 2.35. The average Bonchev–Trinajstić information content (AvgIpc) is 2.55. The molecule has 0 N–H and O–H groups in total. The van der Waals surface area contributed by atoms with Crippen LogP contribution >= 0.6 is 0 Å². The molecule has 0 spiro atoms. The van der Waals surface area contributed by atoms with E-state index in [2.05, 4.69) is 9.97 Å². The molecule has 5 heteroatoms. The van der Waals surface area contributed by atoms with Crippen molar-refractivity contribution in [2.24, 2.45) is 0 Å². The summed E-state index contributed by atoms with van der Waals surface area (Å²) in [4.78, 5) is 18.8. The summed E-state index contributed by atoms with van der Waals surface area (Å²) in [6.45, 7) is 4.36. The molecule has 0 atom stereocenters. The Morgan fingerprint density at radius 1 is 1.25 bits per heavy atom. The molecule has 0 amide bonds. The van der Waals surface area contributed by atoms with Crippen LogP contribution in [0.4, 0.5) is 0 Å². The Bertz CT molecular complexity index is 530. The number of rotatable bonds is 5. The monoisotopic (exact) mass is 274 g/mol. The fraction of sp³-hybridized carbons (Fsp3) is 0.267. The Labute approximate surface area is 118 Å². The van der Waals surface area contributed by atoms with Gasteiger partial charge in [-0.2, -0.15) is 0 Å². The second kappa shape index (κ2) is 8.63. The molecule has 0 aliphatic heterocycles. The lowest BCUT2D eigenvalue weighted by Gasteiger charge is -2.08. The number of pyridine rings is 2. The van der Waals surface area contributed by atoms with E-state index in [1.54, 1.807) is 12.4 Å². The van der Waals surface area contributed by atoms with Crippen molar-refractivity contribution < 1.29 is 14.3 Å². The van der Waals surface area contributed by atoms with Gasteiger partial charge < -0.3 is 9.47 Å². The number of hydrogen-bond donors (Lipinski definition) is 0. The first-order valence-electron chi connectivity index (χ1n) is 6.34. The predicted molar refractivity (Wildman–Crippen MR) is 76.1 cm³/mol. The highest BCUT2D eigenvalue weighted by atomic mass is 16.5. The minimum absolute atomic E-state index is 0.359. The number of aldehydes is 1. The molecule has 2 aromatic heterocycles. The zero-order valence-corrected chi connectivity index (χ0v) is 11.9.